The summed E-state index contributed by atoms with van der Waals surface area (Å²) in [7, 11) is 1.38. The van der Waals surface area contributed by atoms with Gasteiger partial charge in [-0.05, 0) is 45.0 Å². The number of amides is 1. The Morgan fingerprint density at radius 3 is 2.32 bits per heavy atom. The molecule has 10 nitrogen and oxygen atoms in total. The third-order valence-electron chi connectivity index (χ3n) is 7.10. The van der Waals surface area contributed by atoms with Gasteiger partial charge in [-0.1, -0.05) is 5.16 Å². The molecule has 2 aliphatic heterocycles. The van der Waals surface area contributed by atoms with Crippen molar-refractivity contribution < 1.29 is 37.4 Å². The van der Waals surface area contributed by atoms with E-state index >= 15 is 4.39 Å². The van der Waals surface area contributed by atoms with Gasteiger partial charge in [0.1, 0.15) is 35.7 Å². The topological polar surface area (TPSA) is 114 Å². The van der Waals surface area contributed by atoms with Crippen LogP contribution < -0.4 is 10.3 Å². The minimum atomic E-state index is -1.58. The number of hydrogen-bond acceptors (Lipinski definition) is 7. The molecule has 5 rings (SSSR count). The van der Waals surface area contributed by atoms with Gasteiger partial charge in [0.15, 0.2) is 0 Å². The Morgan fingerprint density at radius 1 is 1.02 bits per heavy atom. The van der Waals surface area contributed by atoms with E-state index in [1.807, 2.05) is 0 Å². The number of carbonyl (C=O) groups excluding carboxylic acids is 1. The summed E-state index contributed by atoms with van der Waals surface area (Å²) in [4.78, 5) is 45.5. The minimum Gasteiger partial charge on any atom is -0.477 e. The highest BCUT2D eigenvalue weighted by Gasteiger charge is 2.55. The van der Waals surface area contributed by atoms with Gasteiger partial charge < -0.3 is 29.0 Å². The number of benzene rings is 2. The van der Waals surface area contributed by atoms with Crippen LogP contribution >= 0.6 is 0 Å². The number of likely N-dealkylation sites (tertiary alicyclic amines) is 1. The normalized spacial score (nSPS) is 17.3. The van der Waals surface area contributed by atoms with Crippen molar-refractivity contribution in [1.29, 1.82) is 0 Å². The van der Waals surface area contributed by atoms with E-state index in [4.69, 9.17) is 9.57 Å². The van der Waals surface area contributed by atoms with Crippen molar-refractivity contribution >= 4 is 34.4 Å². The number of carboxylic acid groups (broad SMARTS) is 1. The molecule has 2 aliphatic rings. The van der Waals surface area contributed by atoms with Crippen LogP contribution in [0.2, 0.25) is 0 Å². The molecule has 1 N–H and O–H groups in total. The molecule has 2 aromatic carbocycles. The van der Waals surface area contributed by atoms with E-state index in [2.05, 4.69) is 5.16 Å². The molecular formula is C28H27F3N4O6. The van der Waals surface area contributed by atoms with Gasteiger partial charge >= 0.3 is 12.1 Å². The third kappa shape index (κ3) is 4.96. The second-order valence-electron chi connectivity index (χ2n) is 11.2. The lowest BCUT2D eigenvalue weighted by Crippen LogP contribution is -2.63. The highest BCUT2D eigenvalue weighted by atomic mass is 19.1. The number of hydrogen-bond donors (Lipinski definition) is 1. The molecule has 2 saturated heterocycles. The van der Waals surface area contributed by atoms with E-state index in [0.29, 0.717) is 11.8 Å². The first kappa shape index (κ1) is 28.0. The van der Waals surface area contributed by atoms with Crippen LogP contribution in [0.15, 0.2) is 46.5 Å². The number of ether oxygens (including phenoxy) is 1. The number of pyridine rings is 1. The zero-order valence-corrected chi connectivity index (χ0v) is 22.7. The number of carbonyl (C=O) groups is 2. The Balaban J connectivity index is 1.58. The molecule has 1 aromatic heterocycles. The van der Waals surface area contributed by atoms with E-state index in [0.717, 1.165) is 29.0 Å². The van der Waals surface area contributed by atoms with Gasteiger partial charge in [0.05, 0.1) is 34.6 Å². The van der Waals surface area contributed by atoms with Crippen molar-refractivity contribution in [2.75, 3.05) is 38.2 Å². The zero-order valence-electron chi connectivity index (χ0n) is 22.7. The quantitative estimate of drug-likeness (QED) is 0.467. The van der Waals surface area contributed by atoms with Crippen molar-refractivity contribution in [1.82, 2.24) is 9.47 Å². The first-order valence-electron chi connectivity index (χ1n) is 12.6. The molecule has 2 fully saturated rings. The largest absolute Gasteiger partial charge is 0.477 e. The summed E-state index contributed by atoms with van der Waals surface area (Å²) in [5.41, 5.74) is -2.61. The maximum atomic E-state index is 15.6. The predicted octanol–water partition coefficient (Wildman–Crippen LogP) is 4.17. The molecule has 3 aromatic rings. The van der Waals surface area contributed by atoms with Crippen LogP contribution in [0.1, 0.15) is 31.1 Å². The molecule has 0 aliphatic carbocycles. The van der Waals surface area contributed by atoms with E-state index in [1.54, 1.807) is 25.7 Å². The number of oxime groups is 1. The number of halogens is 3. The predicted molar refractivity (Wildman–Crippen MR) is 143 cm³/mol. The number of anilines is 1. The molecule has 0 bridgehead atoms. The fourth-order valence-corrected chi connectivity index (χ4v) is 5.29. The smallest absolute Gasteiger partial charge is 0.410 e. The van der Waals surface area contributed by atoms with Gasteiger partial charge in [0.2, 0.25) is 5.43 Å². The average Bonchev–Trinajstić information content (AvgIpc) is 3.22. The van der Waals surface area contributed by atoms with Gasteiger partial charge in [-0.15, -0.1) is 0 Å². The first-order chi connectivity index (χ1) is 19.2. The number of aromatic nitrogens is 1. The van der Waals surface area contributed by atoms with Crippen molar-refractivity contribution in [3.63, 3.8) is 0 Å². The molecule has 13 heteroatoms. The molecule has 3 heterocycles. The zero-order chi connectivity index (χ0) is 29.9. The maximum absolute atomic E-state index is 15.6. The van der Waals surface area contributed by atoms with Gasteiger partial charge in [0.25, 0.3) is 0 Å². The fourth-order valence-electron chi connectivity index (χ4n) is 5.29. The molecular weight excluding hydrogens is 545 g/mol. The molecule has 0 unspecified atom stereocenters. The van der Waals surface area contributed by atoms with Gasteiger partial charge in [0, 0.05) is 37.3 Å². The second kappa shape index (κ2) is 9.82. The summed E-state index contributed by atoms with van der Waals surface area (Å²) in [5.74, 6) is -4.27. The van der Waals surface area contributed by atoms with Crippen LogP contribution in [0.25, 0.3) is 16.6 Å². The Kier molecular flexibility index (Phi) is 6.71. The maximum Gasteiger partial charge on any atom is 0.410 e. The summed E-state index contributed by atoms with van der Waals surface area (Å²) in [5, 5.41) is 13.4. The molecule has 216 valence electrons. The molecule has 0 saturated carbocycles. The van der Waals surface area contributed by atoms with Crippen LogP contribution in [0.4, 0.5) is 23.7 Å². The lowest BCUT2D eigenvalue weighted by molar-refractivity contribution is -0.0102. The summed E-state index contributed by atoms with van der Waals surface area (Å²) in [6.07, 6.45) is 0.439. The molecule has 0 atom stereocenters. The summed E-state index contributed by atoms with van der Waals surface area (Å²) < 4.78 is 50.6. The first-order valence-corrected chi connectivity index (χ1v) is 12.6. The fraction of sp³-hybridized carbons (Fsp3) is 0.357. The Morgan fingerprint density at radius 2 is 1.71 bits per heavy atom. The monoisotopic (exact) mass is 572 g/mol. The van der Waals surface area contributed by atoms with Crippen LogP contribution in [0, 0.1) is 22.9 Å². The summed E-state index contributed by atoms with van der Waals surface area (Å²) in [6, 6.07) is 4.92. The SMILES string of the molecule is CON=C1CN(c2cc3c(cc2F)c(=O)c(C(=O)O)cn3-c2ccc(F)cc2F)CC12CN(C(=O)OC(C)(C)C)C2. The number of aromatic carboxylic acids is 1. The van der Waals surface area contributed by atoms with Crippen LogP contribution in [-0.2, 0) is 9.57 Å². The van der Waals surface area contributed by atoms with Crippen molar-refractivity contribution in [3.05, 3.63) is 69.8 Å². The number of fused-ring (bicyclic) bond motifs is 1. The number of rotatable bonds is 4. The van der Waals surface area contributed by atoms with Crippen molar-refractivity contribution in [2.45, 2.75) is 26.4 Å². The van der Waals surface area contributed by atoms with Crippen LogP contribution in [0.5, 0.6) is 0 Å². The number of carboxylic acids is 1. The summed E-state index contributed by atoms with van der Waals surface area (Å²) in [6.45, 7) is 6.14. The Bertz CT molecular complexity index is 1670. The average molecular weight is 573 g/mol. The minimum absolute atomic E-state index is 0.0112. The Labute approximate surface area is 232 Å². The Hall–Kier alpha value is -4.55. The third-order valence-corrected chi connectivity index (χ3v) is 7.10. The highest BCUT2D eigenvalue weighted by molar-refractivity contribution is 6.00. The van der Waals surface area contributed by atoms with E-state index in [9.17, 15) is 28.3 Å². The van der Waals surface area contributed by atoms with Gasteiger partial charge in [-0.25, -0.2) is 22.8 Å². The van der Waals surface area contributed by atoms with E-state index in [-0.39, 0.29) is 48.5 Å². The van der Waals surface area contributed by atoms with E-state index < -0.39 is 51.5 Å². The van der Waals surface area contributed by atoms with Gasteiger partial charge in [-0.2, -0.15) is 0 Å². The molecule has 1 spiro atoms. The van der Waals surface area contributed by atoms with Crippen LogP contribution in [0.3, 0.4) is 0 Å². The van der Waals surface area contributed by atoms with Crippen molar-refractivity contribution in [2.24, 2.45) is 10.6 Å². The molecule has 1 amide bonds. The van der Waals surface area contributed by atoms with Crippen LogP contribution in [-0.4, -0.2) is 71.2 Å². The lowest BCUT2D eigenvalue weighted by atomic mass is 9.78. The highest BCUT2D eigenvalue weighted by Crippen LogP contribution is 2.41. The standard InChI is InChI=1S/C28H27F3N4O6/c1-27(2,3)41-26(39)34-13-28(14-34)12-33(11-23(28)32-40-4)22-9-21-16(8-19(22)31)24(36)17(25(37)38)10-35(21)20-6-5-15(29)7-18(20)30/h5-10H,11-14H2,1-4H3,(H,37,38). The molecule has 0 radical (unpaired) electrons. The number of nitrogens with zero attached hydrogens (tertiary/aromatic N) is 4. The summed E-state index contributed by atoms with van der Waals surface area (Å²) >= 11 is 0. The second-order valence-corrected chi connectivity index (χ2v) is 11.2. The molecule has 41 heavy (non-hydrogen) atoms. The van der Waals surface area contributed by atoms with Crippen molar-refractivity contribution in [3.8, 4) is 5.69 Å². The van der Waals surface area contributed by atoms with E-state index in [1.165, 1.54) is 18.1 Å². The van der Waals surface area contributed by atoms with Gasteiger partial charge in [-0.3, -0.25) is 4.79 Å². The lowest BCUT2D eigenvalue weighted by Gasteiger charge is -2.47.